The summed E-state index contributed by atoms with van der Waals surface area (Å²) in [6, 6.07) is 0. The molecule has 5 heteroatoms. The van der Waals surface area contributed by atoms with E-state index in [1.807, 2.05) is 13.8 Å². The van der Waals surface area contributed by atoms with Crippen molar-refractivity contribution in [1.29, 1.82) is 0 Å². The molecule has 3 aliphatic rings. The van der Waals surface area contributed by atoms with E-state index < -0.39 is 29.5 Å². The molecule has 0 bridgehead atoms. The van der Waals surface area contributed by atoms with Gasteiger partial charge in [-0.25, -0.2) is 0 Å². The molecule has 0 aromatic rings. The highest BCUT2D eigenvalue weighted by Crippen LogP contribution is 2.60. The fraction of sp³-hybridized carbons (Fsp3) is 0.818. The maximum absolute atomic E-state index is 10.6. The van der Waals surface area contributed by atoms with Crippen molar-refractivity contribution >= 4 is 0 Å². The normalized spacial score (nSPS) is 34.2. The molecule has 0 aromatic heterocycles. The molecule has 3 rings (SSSR count). The zero-order valence-electron chi connectivity index (χ0n) is 24.0. The van der Waals surface area contributed by atoms with E-state index in [-0.39, 0.29) is 12.8 Å². The van der Waals surface area contributed by atoms with Gasteiger partial charge in [-0.15, -0.1) is 0 Å². The van der Waals surface area contributed by atoms with E-state index in [0.29, 0.717) is 37.0 Å². The molecule has 3 fully saturated rings. The molecule has 0 aromatic carbocycles. The Hall–Kier alpha value is -0.980. The van der Waals surface area contributed by atoms with E-state index in [1.54, 1.807) is 13.8 Å². The highest BCUT2D eigenvalue weighted by molar-refractivity contribution is 5.38. The Morgan fingerprint density at radius 1 is 1.05 bits per heavy atom. The molecule has 38 heavy (non-hydrogen) atoms. The molecule has 5 nitrogen and oxygen atoms in total. The van der Waals surface area contributed by atoms with Gasteiger partial charge in [-0.05, 0) is 120 Å². The summed E-state index contributed by atoms with van der Waals surface area (Å²) in [5.74, 6) is 1.53. The lowest BCUT2D eigenvalue weighted by atomic mass is 9.60. The van der Waals surface area contributed by atoms with Crippen molar-refractivity contribution in [3.8, 4) is 0 Å². The van der Waals surface area contributed by atoms with E-state index in [9.17, 15) is 25.5 Å². The van der Waals surface area contributed by atoms with Gasteiger partial charge in [0, 0.05) is 6.42 Å². The van der Waals surface area contributed by atoms with Crippen molar-refractivity contribution in [1.82, 2.24) is 0 Å². The van der Waals surface area contributed by atoms with Gasteiger partial charge in [0.25, 0.3) is 0 Å². The van der Waals surface area contributed by atoms with E-state index in [2.05, 4.69) is 25.7 Å². The topological polar surface area (TPSA) is 101 Å². The van der Waals surface area contributed by atoms with Crippen LogP contribution in [0.15, 0.2) is 35.5 Å². The third-order valence-corrected chi connectivity index (χ3v) is 9.86. The van der Waals surface area contributed by atoms with Crippen LogP contribution in [0.4, 0.5) is 0 Å². The third-order valence-electron chi connectivity index (χ3n) is 9.86. The highest BCUT2D eigenvalue weighted by atomic mass is 16.3. The molecule has 0 heterocycles. The number of fused-ring (bicyclic) bond motifs is 1. The zero-order valence-corrected chi connectivity index (χ0v) is 24.0. The number of aliphatic hydroxyl groups is 5. The van der Waals surface area contributed by atoms with Gasteiger partial charge in [-0.3, -0.25) is 0 Å². The largest absolute Gasteiger partial charge is 0.393 e. The van der Waals surface area contributed by atoms with Gasteiger partial charge >= 0.3 is 0 Å². The lowest BCUT2D eigenvalue weighted by Gasteiger charge is -2.45. The van der Waals surface area contributed by atoms with Crippen molar-refractivity contribution < 1.29 is 25.5 Å². The predicted molar refractivity (Wildman–Crippen MR) is 157 cm³/mol. The van der Waals surface area contributed by atoms with Gasteiger partial charge < -0.3 is 25.5 Å². The predicted octanol–water partition coefficient (Wildman–Crippen LogP) is 6.23. The molecular formula is C33H58O5. The molecular weight excluding hydrogens is 476 g/mol. The number of allylic oxidation sites excluding steroid dienone is 3. The van der Waals surface area contributed by atoms with E-state index in [0.717, 1.165) is 49.7 Å². The Morgan fingerprint density at radius 3 is 2.37 bits per heavy atom. The molecule has 3 aliphatic carbocycles. The van der Waals surface area contributed by atoms with Crippen molar-refractivity contribution in [2.45, 2.75) is 149 Å². The van der Waals surface area contributed by atoms with Gasteiger partial charge in [-0.1, -0.05) is 51.5 Å². The van der Waals surface area contributed by atoms with Crippen molar-refractivity contribution in [3.05, 3.63) is 35.5 Å². The summed E-state index contributed by atoms with van der Waals surface area (Å²) in [5, 5.41) is 51.5. The molecule has 5 N–H and O–H groups in total. The van der Waals surface area contributed by atoms with Gasteiger partial charge in [-0.2, -0.15) is 0 Å². The first-order valence-electron chi connectivity index (χ1n) is 14.7. The van der Waals surface area contributed by atoms with Crippen molar-refractivity contribution in [2.24, 2.45) is 23.2 Å². The van der Waals surface area contributed by atoms with Gasteiger partial charge in [0.1, 0.15) is 0 Å². The molecule has 220 valence electrons. The summed E-state index contributed by atoms with van der Waals surface area (Å²) >= 11 is 0. The van der Waals surface area contributed by atoms with Gasteiger partial charge in [0.15, 0.2) is 0 Å². The van der Waals surface area contributed by atoms with Crippen molar-refractivity contribution in [3.63, 3.8) is 0 Å². The summed E-state index contributed by atoms with van der Waals surface area (Å²) in [5.41, 5.74) is 1.62. The maximum Gasteiger partial charge on any atom is 0.0849 e. The van der Waals surface area contributed by atoms with Gasteiger partial charge in [0.05, 0.1) is 29.5 Å². The van der Waals surface area contributed by atoms with Crippen LogP contribution in [0.1, 0.15) is 119 Å². The second kappa shape index (κ2) is 13.1. The lowest BCUT2D eigenvalue weighted by molar-refractivity contribution is -0.0563. The van der Waals surface area contributed by atoms with Crippen LogP contribution in [0, 0.1) is 23.2 Å². The zero-order chi connectivity index (χ0) is 27.6. The Morgan fingerprint density at radius 2 is 1.74 bits per heavy atom. The SMILES string of the molecule is C.C=C1/C(=C\C=C2/CCC[C@]3(C)[C@@H]([C@@H](CCCC(C)(C)O)CC[C@@H](O)C(C)(C)O)CC[C@@H]23)C[C@@H](O)C[C@@H]1O. The standard InChI is InChI=1S/C32H54O5.CH4/c1-21-24(19-25(33)20-28(21)34)12-11-22-10-8-18-32(6)26(22)14-15-27(32)23(9-7-17-30(2,3)36)13-16-29(35)31(4,5)37;/h11-12,23,25-29,33-37H,1,7-10,13-20H2,2-6H3;1H4/b22-11+,24-12-;/t23-,25+,26-,27+,28-,29+,32-;/m0./s1. The van der Waals surface area contributed by atoms with Crippen LogP contribution in [-0.4, -0.2) is 55.0 Å². The van der Waals surface area contributed by atoms with E-state index in [1.165, 1.54) is 24.8 Å². The molecule has 7 atom stereocenters. The van der Waals surface area contributed by atoms with Crippen LogP contribution < -0.4 is 0 Å². The minimum Gasteiger partial charge on any atom is -0.393 e. The first-order valence-corrected chi connectivity index (χ1v) is 14.7. The Kier molecular flexibility index (Phi) is 11.5. The number of hydrogen-bond acceptors (Lipinski definition) is 5. The summed E-state index contributed by atoms with van der Waals surface area (Å²) in [7, 11) is 0. The van der Waals surface area contributed by atoms with Crippen molar-refractivity contribution in [2.75, 3.05) is 0 Å². The molecule has 0 unspecified atom stereocenters. The monoisotopic (exact) mass is 534 g/mol. The average Bonchev–Trinajstić information content (AvgIpc) is 3.13. The highest BCUT2D eigenvalue weighted by Gasteiger charge is 2.51. The second-order valence-corrected chi connectivity index (χ2v) is 13.9. The van der Waals surface area contributed by atoms with E-state index in [4.69, 9.17) is 0 Å². The van der Waals surface area contributed by atoms with Crippen LogP contribution in [0.25, 0.3) is 0 Å². The Balaban J connectivity index is 0.00000507. The quantitative estimate of drug-likeness (QED) is 0.229. The Bertz CT molecular complexity index is 844. The fourth-order valence-corrected chi connectivity index (χ4v) is 7.59. The summed E-state index contributed by atoms with van der Waals surface area (Å²) < 4.78 is 0. The molecule has 0 spiro atoms. The smallest absolute Gasteiger partial charge is 0.0849 e. The summed E-state index contributed by atoms with van der Waals surface area (Å²) in [6.07, 6.45) is 13.4. The molecule has 0 radical (unpaired) electrons. The maximum atomic E-state index is 10.6. The first-order chi connectivity index (χ1) is 17.1. The molecule has 0 saturated heterocycles. The minimum atomic E-state index is -1.10. The lowest BCUT2D eigenvalue weighted by Crippen LogP contribution is -2.39. The molecule has 3 saturated carbocycles. The van der Waals surface area contributed by atoms with E-state index >= 15 is 0 Å². The number of hydrogen-bond donors (Lipinski definition) is 5. The van der Waals surface area contributed by atoms with Crippen LogP contribution in [0.2, 0.25) is 0 Å². The van der Waals surface area contributed by atoms with Crippen LogP contribution >= 0.6 is 0 Å². The molecule has 0 aliphatic heterocycles. The summed E-state index contributed by atoms with van der Waals surface area (Å²) in [4.78, 5) is 0. The van der Waals surface area contributed by atoms with Crippen LogP contribution in [0.3, 0.4) is 0 Å². The second-order valence-electron chi connectivity index (χ2n) is 13.9. The first kappa shape index (κ1) is 33.2. The fourth-order valence-electron chi connectivity index (χ4n) is 7.59. The average molecular weight is 535 g/mol. The van der Waals surface area contributed by atoms with Gasteiger partial charge in [0.2, 0.25) is 0 Å². The van der Waals surface area contributed by atoms with Crippen LogP contribution in [0.5, 0.6) is 0 Å². The number of rotatable bonds is 10. The number of aliphatic hydroxyl groups excluding tert-OH is 3. The van der Waals surface area contributed by atoms with Crippen LogP contribution in [-0.2, 0) is 0 Å². The summed E-state index contributed by atoms with van der Waals surface area (Å²) in [6.45, 7) is 13.7. The molecule has 0 amide bonds. The third kappa shape index (κ3) is 8.27. The minimum absolute atomic E-state index is 0. The Labute approximate surface area is 232 Å².